The topological polar surface area (TPSA) is 43.1 Å². The summed E-state index contributed by atoms with van der Waals surface area (Å²) in [7, 11) is 0. The van der Waals surface area contributed by atoms with Gasteiger partial charge in [0, 0.05) is 1.43 Å². The largest absolute Gasteiger partial charge is 0.397 e. The number of nitrogens with two attached hydrogens (primary N) is 1. The Kier molecular flexibility index (Phi) is 7.17. The fraction of sp³-hybridized carbons (Fsp3) is 0.909. The molecule has 0 spiro atoms. The molecule has 0 aromatic rings. The van der Waals surface area contributed by atoms with Gasteiger partial charge in [0.05, 0.1) is 0 Å². The highest BCUT2D eigenvalue weighted by Crippen LogP contribution is 2.25. The maximum absolute atomic E-state index is 11.0. The lowest BCUT2D eigenvalue weighted by atomic mass is 9.88. The SMILES string of the molecule is CCC1CCCCC1.NC(=O)CC(F)(F)F.[HH]. The third-order valence-electron chi connectivity index (χ3n) is 2.68. The molecule has 2 N–H and O–H groups in total. The molecule has 1 saturated carbocycles. The zero-order chi connectivity index (χ0) is 12.6. The molecule has 0 aliphatic heterocycles. The summed E-state index contributed by atoms with van der Waals surface area (Å²) in [5, 5.41) is 0. The fourth-order valence-electron chi connectivity index (χ4n) is 1.79. The molecule has 0 atom stereocenters. The van der Waals surface area contributed by atoms with Crippen LogP contribution < -0.4 is 5.73 Å². The van der Waals surface area contributed by atoms with Crippen LogP contribution >= 0.6 is 0 Å². The summed E-state index contributed by atoms with van der Waals surface area (Å²) in [5.41, 5.74) is 4.22. The van der Waals surface area contributed by atoms with Gasteiger partial charge in [-0.05, 0) is 5.92 Å². The van der Waals surface area contributed by atoms with Crippen molar-refractivity contribution < 1.29 is 19.4 Å². The van der Waals surface area contributed by atoms with Crippen LogP contribution in [0.2, 0.25) is 0 Å². The molecule has 5 heteroatoms. The first-order chi connectivity index (χ1) is 7.35. The molecule has 1 fully saturated rings. The molecular weight excluding hydrogens is 219 g/mol. The number of carbonyl (C=O) groups is 1. The van der Waals surface area contributed by atoms with Gasteiger partial charge in [-0.3, -0.25) is 4.79 Å². The Labute approximate surface area is 95.9 Å². The molecule has 0 heterocycles. The number of carbonyl (C=O) groups excluding carboxylic acids is 1. The van der Waals surface area contributed by atoms with Crippen LogP contribution in [0, 0.1) is 5.92 Å². The summed E-state index contributed by atoms with van der Waals surface area (Å²) in [6.07, 6.45) is 2.94. The highest BCUT2D eigenvalue weighted by atomic mass is 19.4. The van der Waals surface area contributed by atoms with Crippen molar-refractivity contribution >= 4 is 5.91 Å². The highest BCUT2D eigenvalue weighted by Gasteiger charge is 2.29. The lowest BCUT2D eigenvalue weighted by Gasteiger charge is -2.18. The first-order valence-corrected chi connectivity index (χ1v) is 5.70. The average molecular weight is 241 g/mol. The summed E-state index contributed by atoms with van der Waals surface area (Å²) >= 11 is 0. The highest BCUT2D eigenvalue weighted by molar-refractivity contribution is 5.74. The lowest BCUT2D eigenvalue weighted by Crippen LogP contribution is -2.21. The Balaban J connectivity index is 0. The predicted octanol–water partition coefficient (Wildman–Crippen LogP) is 3.65. The van der Waals surface area contributed by atoms with Gasteiger partial charge >= 0.3 is 6.18 Å². The number of halogens is 3. The minimum atomic E-state index is -4.45. The molecule has 0 aromatic heterocycles. The quantitative estimate of drug-likeness (QED) is 0.787. The molecule has 0 unspecified atom stereocenters. The smallest absolute Gasteiger partial charge is 0.369 e. The summed E-state index contributed by atoms with van der Waals surface area (Å²) in [5.74, 6) is -0.263. The minimum Gasteiger partial charge on any atom is -0.369 e. The number of primary amides is 1. The molecule has 98 valence electrons. The Morgan fingerprint density at radius 2 is 1.81 bits per heavy atom. The molecular formula is C11H22F3NO. The molecule has 0 radical (unpaired) electrons. The number of hydrogen-bond acceptors (Lipinski definition) is 1. The zero-order valence-electron chi connectivity index (χ0n) is 9.65. The van der Waals surface area contributed by atoms with E-state index in [2.05, 4.69) is 12.7 Å². The van der Waals surface area contributed by atoms with Gasteiger partial charge in [-0.2, -0.15) is 13.2 Å². The van der Waals surface area contributed by atoms with Crippen LogP contribution in [0.4, 0.5) is 13.2 Å². The van der Waals surface area contributed by atoms with Gasteiger partial charge in [0.25, 0.3) is 0 Å². The Morgan fingerprint density at radius 1 is 1.31 bits per heavy atom. The monoisotopic (exact) mass is 241 g/mol. The molecule has 1 aliphatic rings. The van der Waals surface area contributed by atoms with Gasteiger partial charge in [-0.25, -0.2) is 0 Å². The van der Waals surface area contributed by atoms with E-state index in [1.165, 1.54) is 38.5 Å². The van der Waals surface area contributed by atoms with Crippen molar-refractivity contribution in [3.63, 3.8) is 0 Å². The number of rotatable bonds is 2. The third kappa shape index (κ3) is 9.80. The van der Waals surface area contributed by atoms with E-state index in [1.807, 2.05) is 0 Å². The fourth-order valence-corrected chi connectivity index (χ4v) is 1.79. The maximum Gasteiger partial charge on any atom is 0.397 e. The van der Waals surface area contributed by atoms with E-state index in [4.69, 9.17) is 0 Å². The first kappa shape index (κ1) is 15.3. The average Bonchev–Trinajstić information content (AvgIpc) is 2.16. The molecule has 1 amide bonds. The van der Waals surface area contributed by atoms with Gasteiger partial charge in [-0.1, -0.05) is 45.4 Å². The van der Waals surface area contributed by atoms with E-state index in [9.17, 15) is 18.0 Å². The van der Waals surface area contributed by atoms with Crippen LogP contribution in [0.3, 0.4) is 0 Å². The van der Waals surface area contributed by atoms with Crippen molar-refractivity contribution in [3.05, 3.63) is 0 Å². The summed E-state index contributed by atoms with van der Waals surface area (Å²) in [6.45, 7) is 2.32. The van der Waals surface area contributed by atoms with Crippen molar-refractivity contribution in [1.82, 2.24) is 0 Å². The van der Waals surface area contributed by atoms with E-state index in [-0.39, 0.29) is 1.43 Å². The van der Waals surface area contributed by atoms with Crippen molar-refractivity contribution in [1.29, 1.82) is 0 Å². The zero-order valence-corrected chi connectivity index (χ0v) is 9.65. The van der Waals surface area contributed by atoms with E-state index >= 15 is 0 Å². The van der Waals surface area contributed by atoms with Gasteiger partial charge in [0.15, 0.2) is 0 Å². The second-order valence-electron chi connectivity index (χ2n) is 4.17. The number of alkyl halides is 3. The third-order valence-corrected chi connectivity index (χ3v) is 2.68. The van der Waals surface area contributed by atoms with E-state index < -0.39 is 18.5 Å². The van der Waals surface area contributed by atoms with E-state index in [0.29, 0.717) is 0 Å². The molecule has 0 aromatic carbocycles. The summed E-state index contributed by atoms with van der Waals surface area (Å²) < 4.78 is 33.0. The van der Waals surface area contributed by atoms with Crippen molar-refractivity contribution in [2.45, 2.75) is 58.0 Å². The van der Waals surface area contributed by atoms with E-state index in [0.717, 1.165) is 5.92 Å². The van der Waals surface area contributed by atoms with Gasteiger partial charge < -0.3 is 5.73 Å². The standard InChI is InChI=1S/C8H16.C3H4F3NO.H2/c1-2-8-6-4-3-5-7-8;4-3(5,6)1-2(7)8;/h8H,2-7H2,1H3;1H2,(H2,7,8);1H. The molecule has 2 nitrogen and oxygen atoms in total. The second-order valence-corrected chi connectivity index (χ2v) is 4.17. The van der Waals surface area contributed by atoms with Crippen molar-refractivity contribution in [3.8, 4) is 0 Å². The summed E-state index contributed by atoms with van der Waals surface area (Å²) in [6, 6.07) is 0. The molecule has 0 bridgehead atoms. The van der Waals surface area contributed by atoms with Crippen LogP contribution in [0.15, 0.2) is 0 Å². The maximum atomic E-state index is 11.0. The van der Waals surface area contributed by atoms with Crippen molar-refractivity contribution in [2.75, 3.05) is 0 Å². The number of hydrogen-bond donors (Lipinski definition) is 1. The summed E-state index contributed by atoms with van der Waals surface area (Å²) in [4.78, 5) is 9.52. The molecule has 16 heavy (non-hydrogen) atoms. The van der Waals surface area contributed by atoms with Crippen LogP contribution in [0.25, 0.3) is 0 Å². The molecule has 1 aliphatic carbocycles. The Hall–Kier alpha value is -0.740. The van der Waals surface area contributed by atoms with Gasteiger partial charge in [-0.15, -0.1) is 0 Å². The Morgan fingerprint density at radius 3 is 2.00 bits per heavy atom. The molecule has 0 saturated heterocycles. The first-order valence-electron chi connectivity index (χ1n) is 5.70. The predicted molar refractivity (Wildman–Crippen MR) is 58.8 cm³/mol. The number of amides is 1. The van der Waals surface area contributed by atoms with Gasteiger partial charge in [0.2, 0.25) is 5.91 Å². The van der Waals surface area contributed by atoms with Crippen LogP contribution in [0.1, 0.15) is 53.3 Å². The Bertz CT molecular complexity index is 203. The minimum absolute atomic E-state index is 0. The van der Waals surface area contributed by atoms with Crippen molar-refractivity contribution in [2.24, 2.45) is 11.7 Å². The van der Waals surface area contributed by atoms with E-state index in [1.54, 1.807) is 0 Å². The van der Waals surface area contributed by atoms with Crippen LogP contribution in [-0.2, 0) is 4.79 Å². The lowest BCUT2D eigenvalue weighted by molar-refractivity contribution is -0.151. The second kappa shape index (κ2) is 7.52. The normalized spacial score (nSPS) is 17.5. The molecule has 1 rings (SSSR count). The van der Waals surface area contributed by atoms with Crippen LogP contribution in [-0.4, -0.2) is 12.1 Å². The van der Waals surface area contributed by atoms with Gasteiger partial charge in [0.1, 0.15) is 6.42 Å². The van der Waals surface area contributed by atoms with Crippen LogP contribution in [0.5, 0.6) is 0 Å².